The summed E-state index contributed by atoms with van der Waals surface area (Å²) in [6, 6.07) is 12.3. The van der Waals surface area contributed by atoms with E-state index in [9.17, 15) is 14.4 Å². The summed E-state index contributed by atoms with van der Waals surface area (Å²) >= 11 is 12.6. The van der Waals surface area contributed by atoms with E-state index < -0.39 is 23.2 Å². The lowest BCUT2D eigenvalue weighted by Crippen LogP contribution is -2.54. The molecule has 0 spiro atoms. The second-order valence-electron chi connectivity index (χ2n) is 10.7. The van der Waals surface area contributed by atoms with E-state index in [-0.39, 0.29) is 12.5 Å². The largest absolute Gasteiger partial charge is 0.462 e. The van der Waals surface area contributed by atoms with Gasteiger partial charge >= 0.3 is 12.1 Å². The number of esters is 1. The fourth-order valence-electron chi connectivity index (χ4n) is 4.89. The number of halogens is 2. The van der Waals surface area contributed by atoms with Gasteiger partial charge < -0.3 is 24.3 Å². The Morgan fingerprint density at radius 2 is 1.74 bits per heavy atom. The Morgan fingerprint density at radius 3 is 2.38 bits per heavy atom. The van der Waals surface area contributed by atoms with E-state index >= 15 is 0 Å². The molecule has 4 rings (SSSR count). The van der Waals surface area contributed by atoms with Crippen LogP contribution in [-0.2, 0) is 22.1 Å². The minimum Gasteiger partial charge on any atom is -0.462 e. The number of nitrogens with zero attached hydrogens (tertiary/aromatic N) is 2. The monoisotopic (exact) mass is 573 g/mol. The Kier molecular flexibility index (Phi) is 8.19. The zero-order valence-corrected chi connectivity index (χ0v) is 24.3. The van der Waals surface area contributed by atoms with E-state index in [0.29, 0.717) is 52.6 Å². The van der Waals surface area contributed by atoms with E-state index in [4.69, 9.17) is 32.7 Å². The summed E-state index contributed by atoms with van der Waals surface area (Å²) in [5.41, 5.74) is 0.855. The number of rotatable bonds is 5. The van der Waals surface area contributed by atoms with Crippen molar-refractivity contribution in [3.63, 3.8) is 0 Å². The van der Waals surface area contributed by atoms with Crippen LogP contribution in [0.25, 0.3) is 10.9 Å². The van der Waals surface area contributed by atoms with Gasteiger partial charge in [0.2, 0.25) is 0 Å². The average molecular weight is 575 g/mol. The van der Waals surface area contributed by atoms with Crippen molar-refractivity contribution in [1.82, 2.24) is 14.8 Å². The van der Waals surface area contributed by atoms with Crippen molar-refractivity contribution in [2.24, 2.45) is 7.05 Å². The molecule has 0 aliphatic carbocycles. The number of aryl methyl sites for hydroxylation is 1. The first kappa shape index (κ1) is 28.8. The molecule has 1 fully saturated rings. The highest BCUT2D eigenvalue weighted by Crippen LogP contribution is 2.36. The first-order valence-electron chi connectivity index (χ1n) is 12.9. The zero-order valence-electron chi connectivity index (χ0n) is 22.8. The third-order valence-electron chi connectivity index (χ3n) is 6.89. The standard InChI is InChI=1S/C29H33Cl2N3O5/c1-6-38-26(36)18-8-7-9-19(16-18)29(12-14-34(15-13-29)27(37)39-28(2,3)4)32-25(35)23-17-20-22(33(23)5)11-10-21(30)24(20)31/h7-11,16-17H,6,12-15H2,1-5H3,(H,32,35). The quantitative estimate of drug-likeness (QED) is 0.361. The van der Waals surface area contributed by atoms with E-state index in [1.807, 2.05) is 32.9 Å². The van der Waals surface area contributed by atoms with Crippen molar-refractivity contribution in [3.05, 3.63) is 69.3 Å². The number of benzene rings is 2. The molecule has 3 aromatic rings. The number of ether oxygens (including phenoxy) is 2. The lowest BCUT2D eigenvalue weighted by molar-refractivity contribution is 0.0145. The third kappa shape index (κ3) is 6.02. The normalized spacial score (nSPS) is 15.2. The molecule has 39 heavy (non-hydrogen) atoms. The Bertz CT molecular complexity index is 1420. The minimum atomic E-state index is -0.851. The summed E-state index contributed by atoms with van der Waals surface area (Å²) in [5.74, 6) is -0.750. The van der Waals surface area contributed by atoms with Crippen LogP contribution < -0.4 is 5.32 Å². The Balaban J connectivity index is 1.69. The van der Waals surface area contributed by atoms with Crippen molar-refractivity contribution < 1.29 is 23.9 Å². The number of fused-ring (bicyclic) bond motifs is 1. The number of hydrogen-bond acceptors (Lipinski definition) is 5. The Morgan fingerprint density at radius 1 is 1.05 bits per heavy atom. The molecular weight excluding hydrogens is 541 g/mol. The Labute approximate surface area is 238 Å². The smallest absolute Gasteiger partial charge is 0.410 e. The summed E-state index contributed by atoms with van der Waals surface area (Å²) in [6.45, 7) is 8.18. The van der Waals surface area contributed by atoms with Gasteiger partial charge in [0, 0.05) is 31.0 Å². The topological polar surface area (TPSA) is 89.9 Å². The molecule has 2 amide bonds. The van der Waals surface area contributed by atoms with Gasteiger partial charge in [0.15, 0.2) is 0 Å². The van der Waals surface area contributed by atoms with E-state index in [1.165, 1.54) is 0 Å². The number of likely N-dealkylation sites (tertiary alicyclic amines) is 1. The second kappa shape index (κ2) is 11.1. The van der Waals surface area contributed by atoms with Crippen LogP contribution in [0, 0.1) is 0 Å². The van der Waals surface area contributed by atoms with Gasteiger partial charge in [-0.3, -0.25) is 4.79 Å². The Hall–Kier alpha value is -3.23. The highest BCUT2D eigenvalue weighted by molar-refractivity contribution is 6.45. The molecule has 2 aromatic carbocycles. The fourth-order valence-corrected chi connectivity index (χ4v) is 5.27. The third-order valence-corrected chi connectivity index (χ3v) is 7.71. The molecule has 1 aliphatic rings. The van der Waals surface area contributed by atoms with Gasteiger partial charge in [-0.15, -0.1) is 0 Å². The first-order valence-corrected chi connectivity index (χ1v) is 13.6. The number of carbonyl (C=O) groups is 3. The van der Waals surface area contributed by atoms with Crippen molar-refractivity contribution in [2.45, 2.75) is 51.7 Å². The molecule has 10 heteroatoms. The molecule has 0 atom stereocenters. The van der Waals surface area contributed by atoms with Crippen LogP contribution in [0.1, 0.15) is 66.9 Å². The number of nitrogens with one attached hydrogen (secondary N) is 1. The number of amides is 2. The molecule has 0 saturated carbocycles. The van der Waals surface area contributed by atoms with Crippen molar-refractivity contribution in [3.8, 4) is 0 Å². The molecule has 0 unspecified atom stereocenters. The van der Waals surface area contributed by atoms with Gasteiger partial charge in [0.05, 0.1) is 27.8 Å². The molecule has 2 heterocycles. The van der Waals surface area contributed by atoms with Gasteiger partial charge in [0.25, 0.3) is 5.91 Å². The predicted molar refractivity (Wildman–Crippen MR) is 152 cm³/mol. The summed E-state index contributed by atoms with van der Waals surface area (Å²) in [4.78, 5) is 40.7. The lowest BCUT2D eigenvalue weighted by atomic mass is 9.80. The molecule has 0 bridgehead atoms. The van der Waals surface area contributed by atoms with E-state index in [1.54, 1.807) is 53.8 Å². The van der Waals surface area contributed by atoms with Gasteiger partial charge in [0.1, 0.15) is 11.3 Å². The maximum absolute atomic E-state index is 13.8. The first-order chi connectivity index (χ1) is 18.3. The van der Waals surface area contributed by atoms with Crippen molar-refractivity contribution in [2.75, 3.05) is 19.7 Å². The molecule has 1 aliphatic heterocycles. The summed E-state index contributed by atoms with van der Waals surface area (Å²) in [5, 5.41) is 4.70. The van der Waals surface area contributed by atoms with Crippen LogP contribution in [0.5, 0.6) is 0 Å². The molecular formula is C29H33Cl2N3O5. The number of aromatic nitrogens is 1. The highest BCUT2D eigenvalue weighted by Gasteiger charge is 2.40. The predicted octanol–water partition coefficient (Wildman–Crippen LogP) is 6.32. The molecule has 208 valence electrons. The molecule has 1 aromatic heterocycles. The number of hydrogen-bond donors (Lipinski definition) is 1. The van der Waals surface area contributed by atoms with Crippen LogP contribution in [0.2, 0.25) is 10.0 Å². The molecule has 8 nitrogen and oxygen atoms in total. The van der Waals surface area contributed by atoms with Crippen LogP contribution >= 0.6 is 23.2 Å². The number of carbonyl (C=O) groups excluding carboxylic acids is 3. The summed E-state index contributed by atoms with van der Waals surface area (Å²) in [6.07, 6.45) is 0.435. The average Bonchev–Trinajstić information content (AvgIpc) is 3.23. The molecule has 1 N–H and O–H groups in total. The van der Waals surface area contributed by atoms with Crippen LogP contribution in [-0.4, -0.2) is 52.7 Å². The van der Waals surface area contributed by atoms with Crippen molar-refractivity contribution >= 4 is 52.1 Å². The minimum absolute atomic E-state index is 0.253. The van der Waals surface area contributed by atoms with Crippen LogP contribution in [0.15, 0.2) is 42.5 Å². The zero-order chi connectivity index (χ0) is 28.5. The van der Waals surface area contributed by atoms with Gasteiger partial charge in [-0.2, -0.15) is 0 Å². The van der Waals surface area contributed by atoms with Gasteiger partial charge in [-0.1, -0.05) is 35.3 Å². The lowest BCUT2D eigenvalue weighted by Gasteiger charge is -2.43. The van der Waals surface area contributed by atoms with E-state index in [0.717, 1.165) is 11.1 Å². The van der Waals surface area contributed by atoms with Crippen molar-refractivity contribution in [1.29, 1.82) is 0 Å². The van der Waals surface area contributed by atoms with Crippen LogP contribution in [0.3, 0.4) is 0 Å². The molecule has 1 saturated heterocycles. The maximum atomic E-state index is 13.8. The highest BCUT2D eigenvalue weighted by atomic mass is 35.5. The van der Waals surface area contributed by atoms with Crippen LogP contribution in [0.4, 0.5) is 4.79 Å². The summed E-state index contributed by atoms with van der Waals surface area (Å²) < 4.78 is 12.5. The summed E-state index contributed by atoms with van der Waals surface area (Å²) in [7, 11) is 1.79. The number of piperidine rings is 1. The fraction of sp³-hybridized carbons (Fsp3) is 0.414. The molecule has 0 radical (unpaired) electrons. The SMILES string of the molecule is CCOC(=O)c1cccc(C2(NC(=O)c3cc4c(Cl)c(Cl)ccc4n3C)CCN(C(=O)OC(C)(C)C)CC2)c1. The van der Waals surface area contributed by atoms with E-state index in [2.05, 4.69) is 5.32 Å². The van der Waals surface area contributed by atoms with Gasteiger partial charge in [-0.25, -0.2) is 9.59 Å². The maximum Gasteiger partial charge on any atom is 0.410 e. The second-order valence-corrected chi connectivity index (χ2v) is 11.5. The van der Waals surface area contributed by atoms with Gasteiger partial charge in [-0.05, 0) is 76.4 Å².